The number of aliphatic hydroxyl groups excluding tert-OH is 1. The molecule has 0 bridgehead atoms. The largest absolute Gasteiger partial charge is 0.504 e. The predicted molar refractivity (Wildman–Crippen MR) is 120 cm³/mol. The van der Waals surface area contributed by atoms with E-state index in [1.807, 2.05) is 6.07 Å². The molecule has 0 radical (unpaired) electrons. The van der Waals surface area contributed by atoms with Crippen molar-refractivity contribution >= 4 is 11.9 Å². The first-order chi connectivity index (χ1) is 15.3. The Labute approximate surface area is 191 Å². The number of benzene rings is 1. The highest BCUT2D eigenvalue weighted by Crippen LogP contribution is 2.33. The molecule has 0 saturated heterocycles. The van der Waals surface area contributed by atoms with Crippen molar-refractivity contribution in [3.8, 4) is 11.5 Å². The molecule has 0 spiro atoms. The lowest BCUT2D eigenvalue weighted by Gasteiger charge is -2.33. The van der Waals surface area contributed by atoms with Gasteiger partial charge in [0.2, 0.25) is 0 Å². The van der Waals surface area contributed by atoms with Crippen LogP contribution < -0.4 is 4.74 Å². The summed E-state index contributed by atoms with van der Waals surface area (Å²) in [7, 11) is 1.50. The van der Waals surface area contributed by atoms with E-state index in [-0.39, 0.29) is 42.2 Å². The SMILES string of the molecule is COc1cc(CC[C@H](C[C@@H](OC(C)=O)[C@H]2CCCCC[C@H](CO)C2)OC(C)=O)ccc1O. The number of phenolic OH excluding ortho intramolecular Hbond substituents is 1. The molecule has 2 rings (SSSR count). The Morgan fingerprint density at radius 1 is 1.09 bits per heavy atom. The Morgan fingerprint density at radius 3 is 2.47 bits per heavy atom. The second-order valence-electron chi connectivity index (χ2n) is 8.84. The lowest BCUT2D eigenvalue weighted by molar-refractivity contribution is -0.156. The van der Waals surface area contributed by atoms with Gasteiger partial charge in [-0.25, -0.2) is 0 Å². The monoisotopic (exact) mass is 450 g/mol. The van der Waals surface area contributed by atoms with E-state index in [0.29, 0.717) is 25.0 Å². The Balaban J connectivity index is 2.13. The summed E-state index contributed by atoms with van der Waals surface area (Å²) < 4.78 is 16.5. The quantitative estimate of drug-likeness (QED) is 0.516. The van der Waals surface area contributed by atoms with E-state index in [1.165, 1.54) is 21.0 Å². The number of aryl methyl sites for hydroxylation is 1. The van der Waals surface area contributed by atoms with E-state index in [4.69, 9.17) is 14.2 Å². The first-order valence-corrected chi connectivity index (χ1v) is 11.6. The molecule has 0 heterocycles. The van der Waals surface area contributed by atoms with Gasteiger partial charge in [0, 0.05) is 26.9 Å². The van der Waals surface area contributed by atoms with Crippen molar-refractivity contribution in [1.82, 2.24) is 0 Å². The third kappa shape index (κ3) is 8.69. The summed E-state index contributed by atoms with van der Waals surface area (Å²) in [5.74, 6) is 0.0886. The van der Waals surface area contributed by atoms with Crippen molar-refractivity contribution in [3.05, 3.63) is 23.8 Å². The summed E-state index contributed by atoms with van der Waals surface area (Å²) >= 11 is 0. The smallest absolute Gasteiger partial charge is 0.302 e. The molecule has 32 heavy (non-hydrogen) atoms. The maximum atomic E-state index is 11.9. The molecular weight excluding hydrogens is 412 g/mol. The zero-order valence-corrected chi connectivity index (χ0v) is 19.5. The van der Waals surface area contributed by atoms with Crippen LogP contribution in [0.4, 0.5) is 0 Å². The summed E-state index contributed by atoms with van der Waals surface area (Å²) in [4.78, 5) is 23.6. The van der Waals surface area contributed by atoms with Gasteiger partial charge in [-0.3, -0.25) is 9.59 Å². The Bertz CT molecular complexity index is 733. The van der Waals surface area contributed by atoms with Crippen molar-refractivity contribution in [3.63, 3.8) is 0 Å². The minimum absolute atomic E-state index is 0.0745. The molecule has 7 nitrogen and oxygen atoms in total. The van der Waals surface area contributed by atoms with E-state index in [2.05, 4.69) is 0 Å². The molecule has 1 fully saturated rings. The molecule has 0 unspecified atom stereocenters. The maximum absolute atomic E-state index is 11.9. The molecule has 0 amide bonds. The number of aliphatic hydroxyl groups is 1. The van der Waals surface area contributed by atoms with Crippen molar-refractivity contribution in [2.45, 2.75) is 83.8 Å². The van der Waals surface area contributed by atoms with Gasteiger partial charge in [0.05, 0.1) is 7.11 Å². The van der Waals surface area contributed by atoms with Gasteiger partial charge in [-0.05, 0) is 61.6 Å². The van der Waals surface area contributed by atoms with Gasteiger partial charge < -0.3 is 24.4 Å². The van der Waals surface area contributed by atoms with Gasteiger partial charge in [0.1, 0.15) is 12.2 Å². The zero-order valence-electron chi connectivity index (χ0n) is 19.5. The third-order valence-corrected chi connectivity index (χ3v) is 6.25. The van der Waals surface area contributed by atoms with E-state index in [1.54, 1.807) is 12.1 Å². The van der Waals surface area contributed by atoms with Crippen LogP contribution in [-0.4, -0.2) is 48.1 Å². The number of carbonyl (C=O) groups excluding carboxylic acids is 2. The van der Waals surface area contributed by atoms with E-state index >= 15 is 0 Å². The van der Waals surface area contributed by atoms with Crippen LogP contribution >= 0.6 is 0 Å². The topological polar surface area (TPSA) is 102 Å². The number of hydrogen-bond donors (Lipinski definition) is 2. The molecule has 180 valence electrons. The number of phenols is 1. The van der Waals surface area contributed by atoms with Crippen LogP contribution in [-0.2, 0) is 25.5 Å². The molecular formula is C25H38O7. The Hall–Kier alpha value is -2.28. The van der Waals surface area contributed by atoms with Crippen LogP contribution in [0.1, 0.15) is 70.8 Å². The summed E-state index contributed by atoms with van der Waals surface area (Å²) in [6.45, 7) is 2.93. The number of ether oxygens (including phenoxy) is 3. The van der Waals surface area contributed by atoms with Crippen molar-refractivity contribution in [1.29, 1.82) is 0 Å². The highest BCUT2D eigenvalue weighted by Gasteiger charge is 2.31. The van der Waals surface area contributed by atoms with Crippen LogP contribution in [0, 0.1) is 11.8 Å². The predicted octanol–water partition coefficient (Wildman–Crippen LogP) is 4.17. The number of methoxy groups -OCH3 is 1. The number of aromatic hydroxyl groups is 1. The fourth-order valence-corrected chi connectivity index (χ4v) is 4.66. The van der Waals surface area contributed by atoms with Gasteiger partial charge >= 0.3 is 11.9 Å². The molecule has 2 N–H and O–H groups in total. The summed E-state index contributed by atoms with van der Waals surface area (Å²) in [6.07, 6.45) is 6.82. The molecule has 1 aliphatic carbocycles. The zero-order chi connectivity index (χ0) is 23.5. The number of hydrogen-bond acceptors (Lipinski definition) is 7. The third-order valence-electron chi connectivity index (χ3n) is 6.25. The van der Waals surface area contributed by atoms with Crippen molar-refractivity contribution in [2.75, 3.05) is 13.7 Å². The molecule has 1 aromatic rings. The fourth-order valence-electron chi connectivity index (χ4n) is 4.66. The molecule has 1 aromatic carbocycles. The molecule has 0 aromatic heterocycles. The van der Waals surface area contributed by atoms with Gasteiger partial charge in [-0.1, -0.05) is 25.3 Å². The average molecular weight is 451 g/mol. The minimum atomic E-state index is -0.408. The number of carbonyl (C=O) groups is 2. The van der Waals surface area contributed by atoms with E-state index in [9.17, 15) is 19.8 Å². The van der Waals surface area contributed by atoms with Gasteiger partial charge in [0.25, 0.3) is 0 Å². The van der Waals surface area contributed by atoms with Crippen molar-refractivity contribution in [2.24, 2.45) is 11.8 Å². The van der Waals surface area contributed by atoms with Gasteiger partial charge in [-0.2, -0.15) is 0 Å². The normalized spacial score (nSPS) is 21.0. The number of rotatable bonds is 10. The van der Waals surface area contributed by atoms with E-state index < -0.39 is 6.10 Å². The van der Waals surface area contributed by atoms with Gasteiger partial charge in [-0.15, -0.1) is 0 Å². The summed E-state index contributed by atoms with van der Waals surface area (Å²) in [5, 5.41) is 19.6. The Morgan fingerprint density at radius 2 is 1.81 bits per heavy atom. The van der Waals surface area contributed by atoms with Crippen LogP contribution in [0.5, 0.6) is 11.5 Å². The standard InChI is InChI=1S/C25H38O7/c1-17(27)31-22(11-9-19-10-12-23(29)25(14-19)30-3)15-24(32-18(2)28)21-8-6-4-5-7-20(13-21)16-26/h10,12,14,20-22,24,26,29H,4-9,11,13,15-16H2,1-3H3/t20-,21-,22+,24+/m0/s1. The van der Waals surface area contributed by atoms with Gasteiger partial charge in [0.15, 0.2) is 11.5 Å². The van der Waals surface area contributed by atoms with Crippen LogP contribution in [0.15, 0.2) is 18.2 Å². The van der Waals surface area contributed by atoms with Crippen LogP contribution in [0.2, 0.25) is 0 Å². The fraction of sp³-hybridized carbons (Fsp3) is 0.680. The molecule has 1 aliphatic rings. The first-order valence-electron chi connectivity index (χ1n) is 11.6. The molecule has 0 aliphatic heterocycles. The summed E-state index contributed by atoms with van der Waals surface area (Å²) in [5.41, 5.74) is 0.951. The molecule has 1 saturated carbocycles. The number of esters is 2. The molecule has 7 heteroatoms. The lowest BCUT2D eigenvalue weighted by atomic mass is 9.80. The lowest BCUT2D eigenvalue weighted by Crippen LogP contribution is -2.34. The molecule has 4 atom stereocenters. The Kier molecular flexibility index (Phi) is 10.8. The van der Waals surface area contributed by atoms with E-state index in [0.717, 1.165) is 44.1 Å². The maximum Gasteiger partial charge on any atom is 0.302 e. The highest BCUT2D eigenvalue weighted by atomic mass is 16.6. The van der Waals surface area contributed by atoms with Crippen LogP contribution in [0.3, 0.4) is 0 Å². The summed E-state index contributed by atoms with van der Waals surface area (Å²) in [6, 6.07) is 5.16. The minimum Gasteiger partial charge on any atom is -0.504 e. The highest BCUT2D eigenvalue weighted by molar-refractivity contribution is 5.66. The second kappa shape index (κ2) is 13.3. The van der Waals surface area contributed by atoms with Crippen LogP contribution in [0.25, 0.3) is 0 Å². The average Bonchev–Trinajstić information content (AvgIpc) is 2.72. The first kappa shape index (κ1) is 26.0. The van der Waals surface area contributed by atoms with Crippen molar-refractivity contribution < 1.29 is 34.0 Å². The second-order valence-corrected chi connectivity index (χ2v) is 8.84.